The van der Waals surface area contributed by atoms with Gasteiger partial charge >= 0.3 is 5.97 Å². The van der Waals surface area contributed by atoms with Crippen molar-refractivity contribution in [1.82, 2.24) is 20.9 Å². The van der Waals surface area contributed by atoms with E-state index < -0.39 is 66.8 Å². The minimum atomic E-state index is -1.55. The van der Waals surface area contributed by atoms with Crippen LogP contribution >= 0.6 is 11.8 Å². The molecule has 4 atom stereocenters. The first kappa shape index (κ1) is 29.6. The molecule has 0 saturated carbocycles. The number of carbonyl (C=O) groups is 5. The number of hydrogen-bond acceptors (Lipinski definition) is 8. The van der Waals surface area contributed by atoms with Crippen LogP contribution in [-0.4, -0.2) is 87.6 Å². The summed E-state index contributed by atoms with van der Waals surface area (Å²) < 4.78 is 0. The monoisotopic (exact) mass is 536 g/mol. The molecule has 4 amide bonds. The van der Waals surface area contributed by atoms with Crippen molar-refractivity contribution in [2.45, 2.75) is 43.4 Å². The molecule has 0 bridgehead atoms. The molecule has 4 unspecified atom stereocenters. The van der Waals surface area contributed by atoms with E-state index in [4.69, 9.17) is 11.5 Å². The van der Waals surface area contributed by atoms with Crippen molar-refractivity contribution in [1.29, 1.82) is 0 Å². The Balaban J connectivity index is 2.11. The van der Waals surface area contributed by atoms with E-state index in [0.717, 1.165) is 10.9 Å². The van der Waals surface area contributed by atoms with Crippen LogP contribution in [0, 0.1) is 0 Å². The van der Waals surface area contributed by atoms with Crippen LogP contribution in [-0.2, 0) is 30.4 Å². The summed E-state index contributed by atoms with van der Waals surface area (Å²) in [6.07, 6.45) is 3.09. The van der Waals surface area contributed by atoms with Crippen LogP contribution in [0.5, 0.6) is 0 Å². The zero-order valence-electron chi connectivity index (χ0n) is 20.2. The highest BCUT2D eigenvalue weighted by atomic mass is 32.2. The van der Waals surface area contributed by atoms with Crippen LogP contribution in [0.25, 0.3) is 10.9 Å². The number of carboxylic acids is 1. The third kappa shape index (κ3) is 8.77. The molecule has 37 heavy (non-hydrogen) atoms. The van der Waals surface area contributed by atoms with Gasteiger partial charge in [-0.2, -0.15) is 11.8 Å². The number of primary amides is 1. The number of fused-ring (bicyclic) bond motifs is 1. The van der Waals surface area contributed by atoms with Crippen LogP contribution in [0.2, 0.25) is 0 Å². The van der Waals surface area contributed by atoms with E-state index >= 15 is 0 Å². The highest BCUT2D eigenvalue weighted by Crippen LogP contribution is 2.19. The number of H-pyrrole nitrogens is 1. The van der Waals surface area contributed by atoms with Gasteiger partial charge in [0.05, 0.1) is 19.1 Å². The summed E-state index contributed by atoms with van der Waals surface area (Å²) in [7, 11) is 0. The Morgan fingerprint density at radius 1 is 1.00 bits per heavy atom. The molecule has 13 nitrogen and oxygen atoms in total. The highest BCUT2D eigenvalue weighted by Gasteiger charge is 2.31. The van der Waals surface area contributed by atoms with Crippen LogP contribution in [0.1, 0.15) is 18.4 Å². The Bertz CT molecular complexity index is 1120. The lowest BCUT2D eigenvalue weighted by atomic mass is 10.0. The average molecular weight is 537 g/mol. The van der Waals surface area contributed by atoms with Gasteiger partial charge in [-0.05, 0) is 30.1 Å². The number of nitrogens with one attached hydrogen (secondary N) is 4. The van der Waals surface area contributed by atoms with E-state index in [-0.39, 0.29) is 6.42 Å². The summed E-state index contributed by atoms with van der Waals surface area (Å²) in [5.74, 6) is -4.29. The Morgan fingerprint density at radius 3 is 2.24 bits per heavy atom. The molecular weight excluding hydrogens is 504 g/mol. The maximum atomic E-state index is 12.9. The first-order chi connectivity index (χ1) is 17.6. The lowest BCUT2D eigenvalue weighted by molar-refractivity contribution is -0.142. The molecule has 10 N–H and O–H groups in total. The van der Waals surface area contributed by atoms with Crippen molar-refractivity contribution in [3.8, 4) is 0 Å². The number of thioether (sulfide) groups is 1. The largest absolute Gasteiger partial charge is 0.480 e. The molecule has 2 rings (SSSR count). The number of aromatic amines is 1. The zero-order chi connectivity index (χ0) is 27.5. The normalized spacial score (nSPS) is 14.2. The van der Waals surface area contributed by atoms with Crippen LogP contribution in [0.4, 0.5) is 0 Å². The number of rotatable bonds is 15. The van der Waals surface area contributed by atoms with Gasteiger partial charge in [-0.15, -0.1) is 0 Å². The minimum Gasteiger partial charge on any atom is -0.480 e. The van der Waals surface area contributed by atoms with Crippen LogP contribution in [0.3, 0.4) is 0 Å². The van der Waals surface area contributed by atoms with E-state index in [0.29, 0.717) is 17.7 Å². The van der Waals surface area contributed by atoms with Crippen molar-refractivity contribution < 1.29 is 34.2 Å². The fourth-order valence-electron chi connectivity index (χ4n) is 3.52. The number of aliphatic hydroxyl groups excluding tert-OH is 1. The smallest absolute Gasteiger partial charge is 0.326 e. The number of para-hydroxylation sites is 1. The summed E-state index contributed by atoms with van der Waals surface area (Å²) in [5, 5.41) is 26.9. The second kappa shape index (κ2) is 14.2. The number of hydrogen-bond donors (Lipinski definition) is 8. The number of aromatic nitrogens is 1. The Kier molecular flexibility index (Phi) is 11.4. The molecule has 2 aromatic rings. The topological polar surface area (TPSA) is 230 Å². The molecule has 0 aliphatic carbocycles. The third-order valence-electron chi connectivity index (χ3n) is 5.54. The number of amides is 4. The molecule has 0 aliphatic heterocycles. The van der Waals surface area contributed by atoms with Crippen molar-refractivity contribution in [2.75, 3.05) is 18.6 Å². The SMILES string of the molecule is CSCCC(N)C(=O)NC(CO)C(=O)NC(CC(N)=O)C(=O)NC(Cc1c[nH]c2ccccc12)C(=O)O. The van der Waals surface area contributed by atoms with Gasteiger partial charge in [-0.25, -0.2) is 4.79 Å². The van der Waals surface area contributed by atoms with Gasteiger partial charge in [-0.3, -0.25) is 19.2 Å². The molecule has 1 aromatic carbocycles. The van der Waals surface area contributed by atoms with E-state index in [1.54, 1.807) is 18.3 Å². The summed E-state index contributed by atoms with van der Waals surface area (Å²) in [6.45, 7) is -0.809. The second-order valence-corrected chi connectivity index (χ2v) is 9.31. The molecule has 0 aliphatic rings. The van der Waals surface area contributed by atoms with E-state index in [2.05, 4.69) is 20.9 Å². The second-order valence-electron chi connectivity index (χ2n) is 8.33. The Hall–Kier alpha value is -3.62. The number of nitrogens with two attached hydrogens (primary N) is 2. The number of carboxylic acid groups (broad SMARTS) is 1. The molecule has 1 aromatic heterocycles. The molecule has 14 heteroatoms. The lowest BCUT2D eigenvalue weighted by Crippen LogP contribution is -2.58. The molecular formula is C23H32N6O7S. The van der Waals surface area contributed by atoms with Gasteiger partial charge in [0.15, 0.2) is 0 Å². The predicted octanol–water partition coefficient (Wildman–Crippen LogP) is -1.80. The first-order valence-electron chi connectivity index (χ1n) is 11.4. The molecule has 0 spiro atoms. The minimum absolute atomic E-state index is 0.0778. The van der Waals surface area contributed by atoms with Gasteiger partial charge in [0.1, 0.15) is 18.1 Å². The fourth-order valence-corrected chi connectivity index (χ4v) is 4.01. The molecule has 202 valence electrons. The van der Waals surface area contributed by atoms with Crippen LogP contribution < -0.4 is 27.4 Å². The number of aliphatic hydroxyl groups is 1. The highest BCUT2D eigenvalue weighted by molar-refractivity contribution is 7.98. The summed E-state index contributed by atoms with van der Waals surface area (Å²) in [4.78, 5) is 64.3. The van der Waals surface area contributed by atoms with Gasteiger partial charge in [0.25, 0.3) is 0 Å². The average Bonchev–Trinajstić information content (AvgIpc) is 3.27. The van der Waals surface area contributed by atoms with Gasteiger partial charge in [0, 0.05) is 23.5 Å². The number of aliphatic carboxylic acids is 1. The van der Waals surface area contributed by atoms with Gasteiger partial charge in [-0.1, -0.05) is 18.2 Å². The summed E-state index contributed by atoms with van der Waals surface area (Å²) >= 11 is 1.48. The fraction of sp³-hybridized carbons (Fsp3) is 0.435. The predicted molar refractivity (Wildman–Crippen MR) is 137 cm³/mol. The van der Waals surface area contributed by atoms with Crippen molar-refractivity contribution in [2.24, 2.45) is 11.5 Å². The number of carbonyl (C=O) groups excluding carboxylic acids is 4. The quantitative estimate of drug-likeness (QED) is 0.128. The first-order valence-corrected chi connectivity index (χ1v) is 12.8. The summed E-state index contributed by atoms with van der Waals surface area (Å²) in [5.41, 5.74) is 12.4. The standard InChI is InChI=1S/C23H32N6O7S/c1-37-7-6-14(24)20(32)29-18(11-30)22(34)27-16(9-19(25)31)21(33)28-17(23(35)36)8-12-10-26-15-5-3-2-4-13(12)15/h2-5,10,14,16-18,26,30H,6-9,11,24H2,1H3,(H2,25,31)(H,27,34)(H,28,33)(H,29,32)(H,35,36). The maximum Gasteiger partial charge on any atom is 0.326 e. The summed E-state index contributed by atoms with van der Waals surface area (Å²) in [6, 6.07) is 1.91. The Labute approximate surface area is 217 Å². The van der Waals surface area contributed by atoms with Crippen molar-refractivity contribution >= 4 is 52.3 Å². The molecule has 0 fully saturated rings. The Morgan fingerprint density at radius 2 is 1.62 bits per heavy atom. The van der Waals surface area contributed by atoms with Crippen molar-refractivity contribution in [3.63, 3.8) is 0 Å². The van der Waals surface area contributed by atoms with E-state index in [1.807, 2.05) is 18.4 Å². The van der Waals surface area contributed by atoms with Crippen LogP contribution in [0.15, 0.2) is 30.5 Å². The zero-order valence-corrected chi connectivity index (χ0v) is 21.0. The third-order valence-corrected chi connectivity index (χ3v) is 6.18. The molecule has 0 radical (unpaired) electrons. The van der Waals surface area contributed by atoms with Gasteiger partial charge < -0.3 is 42.6 Å². The lowest BCUT2D eigenvalue weighted by Gasteiger charge is -2.24. The van der Waals surface area contributed by atoms with E-state index in [1.165, 1.54) is 11.8 Å². The van der Waals surface area contributed by atoms with Gasteiger partial charge in [0.2, 0.25) is 23.6 Å². The number of benzene rings is 1. The molecule has 0 saturated heterocycles. The molecule has 1 heterocycles. The maximum absolute atomic E-state index is 12.9. The van der Waals surface area contributed by atoms with Crippen molar-refractivity contribution in [3.05, 3.63) is 36.0 Å². The van der Waals surface area contributed by atoms with E-state index in [9.17, 15) is 34.2 Å².